The summed E-state index contributed by atoms with van der Waals surface area (Å²) in [4.78, 5) is 4.06. The summed E-state index contributed by atoms with van der Waals surface area (Å²) < 4.78 is 7.33. The molecule has 2 aromatic heterocycles. The molecule has 23 heavy (non-hydrogen) atoms. The van der Waals surface area contributed by atoms with E-state index in [1.807, 2.05) is 30.3 Å². The van der Waals surface area contributed by atoms with Crippen molar-refractivity contribution in [2.75, 3.05) is 13.7 Å². The quantitative estimate of drug-likeness (QED) is 0.624. The Bertz CT molecular complexity index is 731. The van der Waals surface area contributed by atoms with Gasteiger partial charge in [-0.25, -0.2) is 0 Å². The minimum absolute atomic E-state index is 0.620. The second-order valence-corrected chi connectivity index (χ2v) is 5.90. The molecule has 3 aromatic rings. The summed E-state index contributed by atoms with van der Waals surface area (Å²) in [5.41, 5.74) is 2.28. The van der Waals surface area contributed by atoms with Crippen LogP contribution in [0.5, 0.6) is 0 Å². The van der Waals surface area contributed by atoms with Gasteiger partial charge < -0.3 is 4.74 Å². The fraction of sp³-hybridized carbons (Fsp3) is 0.235. The van der Waals surface area contributed by atoms with Crippen molar-refractivity contribution in [2.24, 2.45) is 0 Å². The van der Waals surface area contributed by atoms with Crippen molar-refractivity contribution in [3.63, 3.8) is 0 Å². The van der Waals surface area contributed by atoms with Crippen LogP contribution < -0.4 is 0 Å². The number of pyridine rings is 1. The zero-order valence-electron chi connectivity index (χ0n) is 12.9. The van der Waals surface area contributed by atoms with E-state index in [2.05, 4.69) is 31.9 Å². The highest BCUT2D eigenvalue weighted by Gasteiger charge is 2.14. The Labute approximate surface area is 139 Å². The molecule has 0 bridgehead atoms. The average Bonchev–Trinajstić information content (AvgIpc) is 3.02. The number of benzene rings is 1. The maximum absolute atomic E-state index is 5.23. The highest BCUT2D eigenvalue weighted by molar-refractivity contribution is 7.98. The molecule has 5 nitrogen and oxygen atoms in total. The fourth-order valence-electron chi connectivity index (χ4n) is 2.22. The van der Waals surface area contributed by atoms with E-state index >= 15 is 0 Å². The molecule has 1 aromatic carbocycles. The van der Waals surface area contributed by atoms with Crippen LogP contribution in [0.2, 0.25) is 0 Å². The molecule has 0 saturated carbocycles. The number of thioether (sulfide) groups is 1. The maximum Gasteiger partial charge on any atom is 0.191 e. The molecule has 0 fully saturated rings. The minimum Gasteiger partial charge on any atom is -0.383 e. The van der Waals surface area contributed by atoms with Gasteiger partial charge in [-0.1, -0.05) is 42.1 Å². The van der Waals surface area contributed by atoms with Crippen LogP contribution in [0.3, 0.4) is 0 Å². The van der Waals surface area contributed by atoms with Gasteiger partial charge in [-0.15, -0.1) is 10.2 Å². The van der Waals surface area contributed by atoms with E-state index < -0.39 is 0 Å². The normalized spacial score (nSPS) is 10.8. The Morgan fingerprint density at radius 1 is 1.04 bits per heavy atom. The Hall–Kier alpha value is -2.18. The molecule has 6 heteroatoms. The molecule has 3 rings (SSSR count). The Kier molecular flexibility index (Phi) is 5.39. The second-order valence-electron chi connectivity index (χ2n) is 4.96. The minimum atomic E-state index is 0.620. The summed E-state index contributed by atoms with van der Waals surface area (Å²) in [6, 6.07) is 14.2. The zero-order chi connectivity index (χ0) is 15.9. The lowest BCUT2D eigenvalue weighted by atomic mass is 10.2. The van der Waals surface area contributed by atoms with Crippen LogP contribution in [-0.4, -0.2) is 33.5 Å². The number of rotatable bonds is 7. The van der Waals surface area contributed by atoms with E-state index in [0.29, 0.717) is 6.61 Å². The standard InChI is InChI=1S/C17H18N4OS/c1-22-12-11-21-16(15-7-9-18-10-8-15)19-20-17(21)23-13-14-5-3-2-4-6-14/h2-10H,11-13H2,1H3. The van der Waals surface area contributed by atoms with E-state index in [1.54, 1.807) is 31.3 Å². The fourth-order valence-corrected chi connectivity index (χ4v) is 3.14. The Balaban J connectivity index is 1.83. The van der Waals surface area contributed by atoms with Crippen molar-refractivity contribution >= 4 is 11.8 Å². The number of nitrogens with zero attached hydrogens (tertiary/aromatic N) is 4. The van der Waals surface area contributed by atoms with Gasteiger partial charge in [0.2, 0.25) is 0 Å². The molecule has 0 radical (unpaired) electrons. The van der Waals surface area contributed by atoms with E-state index in [1.165, 1.54) is 5.56 Å². The number of ether oxygens (including phenoxy) is 1. The summed E-state index contributed by atoms with van der Waals surface area (Å²) in [7, 11) is 1.70. The van der Waals surface area contributed by atoms with Crippen molar-refractivity contribution in [1.82, 2.24) is 19.7 Å². The summed E-state index contributed by atoms with van der Waals surface area (Å²) in [5.74, 6) is 1.71. The van der Waals surface area contributed by atoms with Gasteiger partial charge in [0.15, 0.2) is 11.0 Å². The first-order valence-electron chi connectivity index (χ1n) is 7.38. The van der Waals surface area contributed by atoms with E-state index in [4.69, 9.17) is 4.74 Å². The molecular weight excluding hydrogens is 308 g/mol. The molecule has 118 valence electrons. The predicted molar refractivity (Wildman–Crippen MR) is 91.1 cm³/mol. The van der Waals surface area contributed by atoms with E-state index in [-0.39, 0.29) is 0 Å². The first kappa shape index (κ1) is 15.7. The molecule has 0 atom stereocenters. The van der Waals surface area contributed by atoms with Crippen molar-refractivity contribution in [3.05, 3.63) is 60.4 Å². The van der Waals surface area contributed by atoms with Gasteiger partial charge in [-0.2, -0.15) is 0 Å². The van der Waals surface area contributed by atoms with Crippen LogP contribution in [0.15, 0.2) is 60.0 Å². The van der Waals surface area contributed by atoms with Crippen LogP contribution >= 0.6 is 11.8 Å². The maximum atomic E-state index is 5.23. The van der Waals surface area contributed by atoms with E-state index in [0.717, 1.165) is 28.8 Å². The van der Waals surface area contributed by atoms with Crippen LogP contribution in [0.25, 0.3) is 11.4 Å². The lowest BCUT2D eigenvalue weighted by molar-refractivity contribution is 0.185. The van der Waals surface area contributed by atoms with Crippen molar-refractivity contribution < 1.29 is 4.74 Å². The zero-order valence-corrected chi connectivity index (χ0v) is 13.7. The third kappa shape index (κ3) is 3.97. The van der Waals surface area contributed by atoms with Crippen molar-refractivity contribution in [2.45, 2.75) is 17.5 Å². The molecule has 0 saturated heterocycles. The number of methoxy groups -OCH3 is 1. The van der Waals surface area contributed by atoms with Crippen LogP contribution in [0.4, 0.5) is 0 Å². The second kappa shape index (κ2) is 7.89. The molecule has 0 aliphatic rings. The average molecular weight is 326 g/mol. The topological polar surface area (TPSA) is 52.8 Å². The molecule has 0 aliphatic carbocycles. The summed E-state index contributed by atoms with van der Waals surface area (Å²) in [6.45, 7) is 1.34. The van der Waals surface area contributed by atoms with Gasteiger partial charge in [-0.05, 0) is 17.7 Å². The van der Waals surface area contributed by atoms with Crippen LogP contribution in [-0.2, 0) is 17.0 Å². The number of hydrogen-bond acceptors (Lipinski definition) is 5. The van der Waals surface area contributed by atoms with Crippen molar-refractivity contribution in [3.8, 4) is 11.4 Å². The lowest BCUT2D eigenvalue weighted by Gasteiger charge is -2.09. The first-order valence-corrected chi connectivity index (χ1v) is 8.36. The van der Waals surface area contributed by atoms with Gasteiger partial charge in [0.25, 0.3) is 0 Å². The molecular formula is C17H18N4OS. The summed E-state index contributed by atoms with van der Waals surface area (Å²) in [5, 5.41) is 9.62. The molecule has 2 heterocycles. The lowest BCUT2D eigenvalue weighted by Crippen LogP contribution is -2.07. The van der Waals surface area contributed by atoms with Gasteiger partial charge in [0.05, 0.1) is 13.2 Å². The number of aromatic nitrogens is 4. The van der Waals surface area contributed by atoms with E-state index in [9.17, 15) is 0 Å². The Morgan fingerprint density at radius 2 is 1.83 bits per heavy atom. The molecule has 0 amide bonds. The third-order valence-corrected chi connectivity index (χ3v) is 4.42. The van der Waals surface area contributed by atoms with Crippen LogP contribution in [0.1, 0.15) is 5.56 Å². The monoisotopic (exact) mass is 326 g/mol. The van der Waals surface area contributed by atoms with Gasteiger partial charge >= 0.3 is 0 Å². The van der Waals surface area contributed by atoms with Gasteiger partial charge in [0, 0.05) is 30.8 Å². The van der Waals surface area contributed by atoms with Gasteiger partial charge in [0.1, 0.15) is 0 Å². The number of hydrogen-bond donors (Lipinski definition) is 0. The third-order valence-electron chi connectivity index (χ3n) is 3.39. The molecule has 0 N–H and O–H groups in total. The molecule has 0 unspecified atom stereocenters. The summed E-state index contributed by atoms with van der Waals surface area (Å²) in [6.07, 6.45) is 3.53. The molecule has 0 aliphatic heterocycles. The highest BCUT2D eigenvalue weighted by atomic mass is 32.2. The van der Waals surface area contributed by atoms with Crippen molar-refractivity contribution in [1.29, 1.82) is 0 Å². The SMILES string of the molecule is COCCn1c(SCc2ccccc2)nnc1-c1ccncc1. The highest BCUT2D eigenvalue weighted by Crippen LogP contribution is 2.26. The Morgan fingerprint density at radius 3 is 2.57 bits per heavy atom. The smallest absolute Gasteiger partial charge is 0.191 e. The molecule has 0 spiro atoms. The van der Waals surface area contributed by atoms with Crippen LogP contribution in [0, 0.1) is 0 Å². The van der Waals surface area contributed by atoms with Gasteiger partial charge in [-0.3, -0.25) is 9.55 Å². The largest absolute Gasteiger partial charge is 0.383 e. The summed E-state index contributed by atoms with van der Waals surface area (Å²) >= 11 is 1.68. The first-order chi connectivity index (χ1) is 11.4. The predicted octanol–water partition coefficient (Wildman–Crippen LogP) is 3.28.